The Morgan fingerprint density at radius 3 is 2.00 bits per heavy atom. The Morgan fingerprint density at radius 2 is 1.70 bits per heavy atom. The van der Waals surface area contributed by atoms with Crippen LogP contribution in [0.5, 0.6) is 0 Å². The summed E-state index contributed by atoms with van der Waals surface area (Å²) in [7, 11) is 0. The maximum Gasteiger partial charge on any atom is 0.158 e. The third kappa shape index (κ3) is 1.65. The molecule has 10 heavy (non-hydrogen) atoms. The highest BCUT2D eigenvalue weighted by atomic mass is 32.2. The van der Waals surface area contributed by atoms with Crippen LogP contribution >= 0.6 is 12.3 Å². The summed E-state index contributed by atoms with van der Waals surface area (Å²) in [5.74, 6) is 0. The van der Waals surface area contributed by atoms with Crippen molar-refractivity contribution >= 4 is 12.3 Å². The molecule has 0 bridgehead atoms. The molecule has 0 aromatic rings. The number of hydrogen-bond donors (Lipinski definition) is 0. The molecule has 0 spiro atoms. The van der Waals surface area contributed by atoms with Crippen LogP contribution < -0.4 is 0 Å². The Balaban J connectivity index is 2.44. The molecule has 0 saturated carbocycles. The SMILES string of the molecule is CCC1(CC)COSOC1. The van der Waals surface area contributed by atoms with Crippen molar-refractivity contribution in [2.24, 2.45) is 5.41 Å². The van der Waals surface area contributed by atoms with Gasteiger partial charge in [0.25, 0.3) is 0 Å². The van der Waals surface area contributed by atoms with E-state index in [1.807, 2.05) is 0 Å². The monoisotopic (exact) mass is 162 g/mol. The highest BCUT2D eigenvalue weighted by Crippen LogP contribution is 2.34. The van der Waals surface area contributed by atoms with Crippen LogP contribution in [0.15, 0.2) is 0 Å². The number of rotatable bonds is 2. The first-order valence-electron chi connectivity index (χ1n) is 3.74. The lowest BCUT2D eigenvalue weighted by Crippen LogP contribution is -2.32. The third-order valence-electron chi connectivity index (χ3n) is 2.33. The van der Waals surface area contributed by atoms with Gasteiger partial charge in [-0.25, -0.2) is 0 Å². The zero-order valence-electron chi connectivity index (χ0n) is 6.55. The van der Waals surface area contributed by atoms with Crippen molar-refractivity contribution in [2.75, 3.05) is 13.2 Å². The predicted molar refractivity (Wildman–Crippen MR) is 42.5 cm³/mol. The number of hydrogen-bond acceptors (Lipinski definition) is 3. The lowest BCUT2D eigenvalue weighted by molar-refractivity contribution is 0.0466. The average Bonchev–Trinajstić information content (AvgIpc) is 2.06. The fourth-order valence-corrected chi connectivity index (χ4v) is 1.70. The van der Waals surface area contributed by atoms with E-state index in [0.717, 1.165) is 38.4 Å². The molecule has 3 heteroatoms. The van der Waals surface area contributed by atoms with Crippen LogP contribution in [-0.4, -0.2) is 13.2 Å². The van der Waals surface area contributed by atoms with Crippen molar-refractivity contribution in [3.8, 4) is 0 Å². The Labute approximate surface area is 66.7 Å². The Bertz CT molecular complexity index is 93.8. The van der Waals surface area contributed by atoms with E-state index in [2.05, 4.69) is 13.8 Å². The molecular weight excluding hydrogens is 148 g/mol. The second kappa shape index (κ2) is 3.60. The summed E-state index contributed by atoms with van der Waals surface area (Å²) in [5, 5.41) is 0. The lowest BCUT2D eigenvalue weighted by Gasteiger charge is -2.33. The molecule has 60 valence electrons. The van der Waals surface area contributed by atoms with Crippen molar-refractivity contribution in [3.05, 3.63) is 0 Å². The molecule has 1 heterocycles. The summed E-state index contributed by atoms with van der Waals surface area (Å²) < 4.78 is 10.3. The molecule has 0 radical (unpaired) electrons. The van der Waals surface area contributed by atoms with E-state index >= 15 is 0 Å². The largest absolute Gasteiger partial charge is 0.291 e. The second-order valence-electron chi connectivity index (χ2n) is 2.80. The quantitative estimate of drug-likeness (QED) is 0.581. The van der Waals surface area contributed by atoms with E-state index in [1.165, 1.54) is 0 Å². The van der Waals surface area contributed by atoms with E-state index in [0.29, 0.717) is 5.41 Å². The van der Waals surface area contributed by atoms with Crippen molar-refractivity contribution in [2.45, 2.75) is 26.7 Å². The van der Waals surface area contributed by atoms with Crippen molar-refractivity contribution in [1.82, 2.24) is 0 Å². The summed E-state index contributed by atoms with van der Waals surface area (Å²) in [4.78, 5) is 0. The van der Waals surface area contributed by atoms with Gasteiger partial charge in [0, 0.05) is 5.41 Å². The van der Waals surface area contributed by atoms with Crippen molar-refractivity contribution < 1.29 is 8.37 Å². The average molecular weight is 162 g/mol. The zero-order valence-corrected chi connectivity index (χ0v) is 7.37. The van der Waals surface area contributed by atoms with Crippen LogP contribution in [0.3, 0.4) is 0 Å². The van der Waals surface area contributed by atoms with E-state index < -0.39 is 0 Å². The molecule has 0 aliphatic carbocycles. The molecule has 0 aromatic heterocycles. The van der Waals surface area contributed by atoms with E-state index in [4.69, 9.17) is 8.37 Å². The summed E-state index contributed by atoms with van der Waals surface area (Å²) >= 11 is 1.13. The molecule has 1 fully saturated rings. The summed E-state index contributed by atoms with van der Waals surface area (Å²) in [6.07, 6.45) is 2.29. The molecule has 1 aliphatic heterocycles. The molecule has 0 N–H and O–H groups in total. The molecule has 1 saturated heterocycles. The fraction of sp³-hybridized carbons (Fsp3) is 1.00. The van der Waals surface area contributed by atoms with E-state index in [-0.39, 0.29) is 0 Å². The van der Waals surface area contributed by atoms with Crippen LogP contribution in [0.25, 0.3) is 0 Å². The minimum absolute atomic E-state index is 0.297. The molecule has 1 rings (SSSR count). The maximum absolute atomic E-state index is 5.16. The standard InChI is InChI=1S/C7H14O2S/c1-3-7(4-2)5-8-10-9-6-7/h3-6H2,1-2H3. The molecule has 2 nitrogen and oxygen atoms in total. The third-order valence-corrected chi connectivity index (χ3v) is 2.75. The van der Waals surface area contributed by atoms with Crippen LogP contribution in [0.1, 0.15) is 26.7 Å². The predicted octanol–water partition coefficient (Wildman–Crippen LogP) is 2.40. The van der Waals surface area contributed by atoms with Gasteiger partial charge in [0.2, 0.25) is 0 Å². The fourth-order valence-electron chi connectivity index (χ4n) is 1.03. The zero-order chi connectivity index (χ0) is 7.45. The van der Waals surface area contributed by atoms with Crippen LogP contribution in [0, 0.1) is 5.41 Å². The van der Waals surface area contributed by atoms with Crippen LogP contribution in [0.4, 0.5) is 0 Å². The van der Waals surface area contributed by atoms with Gasteiger partial charge in [-0.15, -0.1) is 0 Å². The van der Waals surface area contributed by atoms with Crippen molar-refractivity contribution in [1.29, 1.82) is 0 Å². The van der Waals surface area contributed by atoms with Gasteiger partial charge in [0.15, 0.2) is 12.3 Å². The smallest absolute Gasteiger partial charge is 0.158 e. The maximum atomic E-state index is 5.16. The van der Waals surface area contributed by atoms with Gasteiger partial charge in [-0.3, -0.25) is 8.37 Å². The highest BCUT2D eigenvalue weighted by Gasteiger charge is 2.30. The van der Waals surface area contributed by atoms with E-state index in [1.54, 1.807) is 0 Å². The molecule has 1 aliphatic rings. The highest BCUT2D eigenvalue weighted by molar-refractivity contribution is 7.89. The first-order chi connectivity index (χ1) is 4.83. The first-order valence-corrected chi connectivity index (χ1v) is 4.41. The molecule has 0 unspecified atom stereocenters. The van der Waals surface area contributed by atoms with Crippen molar-refractivity contribution in [3.63, 3.8) is 0 Å². The van der Waals surface area contributed by atoms with Gasteiger partial charge in [-0.1, -0.05) is 13.8 Å². The van der Waals surface area contributed by atoms with Gasteiger partial charge >= 0.3 is 0 Å². The lowest BCUT2D eigenvalue weighted by atomic mass is 9.84. The minimum Gasteiger partial charge on any atom is -0.291 e. The molecule has 0 amide bonds. The topological polar surface area (TPSA) is 18.5 Å². The molecular formula is C7H14O2S. The minimum atomic E-state index is 0.297. The summed E-state index contributed by atoms with van der Waals surface area (Å²) in [6, 6.07) is 0. The van der Waals surface area contributed by atoms with E-state index in [9.17, 15) is 0 Å². The second-order valence-corrected chi connectivity index (χ2v) is 3.41. The van der Waals surface area contributed by atoms with Crippen LogP contribution in [-0.2, 0) is 8.37 Å². The van der Waals surface area contributed by atoms with Gasteiger partial charge in [0.1, 0.15) is 0 Å². The van der Waals surface area contributed by atoms with Gasteiger partial charge in [0.05, 0.1) is 13.2 Å². The van der Waals surface area contributed by atoms with Gasteiger partial charge in [-0.2, -0.15) is 0 Å². The normalized spacial score (nSPS) is 24.6. The summed E-state index contributed by atoms with van der Waals surface area (Å²) in [6.45, 7) is 6.05. The summed E-state index contributed by atoms with van der Waals surface area (Å²) in [5.41, 5.74) is 0.297. The Morgan fingerprint density at radius 1 is 1.20 bits per heavy atom. The van der Waals surface area contributed by atoms with Gasteiger partial charge in [-0.05, 0) is 12.8 Å². The Hall–Kier alpha value is 0.270. The van der Waals surface area contributed by atoms with Gasteiger partial charge < -0.3 is 0 Å². The first kappa shape index (κ1) is 8.37. The molecule has 0 aromatic carbocycles. The molecule has 0 atom stereocenters. The Kier molecular flexibility index (Phi) is 3.01. The van der Waals surface area contributed by atoms with Crippen LogP contribution in [0.2, 0.25) is 0 Å².